The monoisotopic (exact) mass is 435 g/mol. The molecule has 4 bridgehead atoms. The second kappa shape index (κ2) is 7.16. The van der Waals surface area contributed by atoms with Gasteiger partial charge in [-0.15, -0.1) is 11.3 Å². The first-order valence-electron chi connectivity index (χ1n) is 11.7. The molecule has 1 aromatic carbocycles. The van der Waals surface area contributed by atoms with Crippen LogP contribution >= 0.6 is 11.3 Å². The van der Waals surface area contributed by atoms with Gasteiger partial charge in [-0.25, -0.2) is 0 Å². The van der Waals surface area contributed by atoms with Gasteiger partial charge in [0, 0.05) is 11.9 Å². The molecule has 2 amide bonds. The summed E-state index contributed by atoms with van der Waals surface area (Å²) in [7, 11) is 0. The summed E-state index contributed by atoms with van der Waals surface area (Å²) in [6.07, 6.45) is 8.99. The van der Waals surface area contributed by atoms with Crippen LogP contribution in [0.25, 0.3) is 0 Å². The van der Waals surface area contributed by atoms with Crippen molar-refractivity contribution >= 4 is 23.2 Å². The minimum absolute atomic E-state index is 0.127. The van der Waals surface area contributed by atoms with Gasteiger partial charge in [0.15, 0.2) is 4.80 Å². The third kappa shape index (κ3) is 3.13. The predicted molar refractivity (Wildman–Crippen MR) is 120 cm³/mol. The molecule has 162 valence electrons. The Morgan fingerprint density at radius 1 is 1.00 bits per heavy atom. The van der Waals surface area contributed by atoms with Gasteiger partial charge in [0.25, 0.3) is 11.8 Å². The molecule has 0 radical (unpaired) electrons. The van der Waals surface area contributed by atoms with Crippen molar-refractivity contribution in [2.75, 3.05) is 0 Å². The average molecular weight is 436 g/mol. The molecule has 31 heavy (non-hydrogen) atoms. The zero-order valence-corrected chi connectivity index (χ0v) is 18.9. The maximum absolute atomic E-state index is 12.9. The Morgan fingerprint density at radius 3 is 2.13 bits per heavy atom. The van der Waals surface area contributed by atoms with Crippen molar-refractivity contribution in [2.24, 2.45) is 22.7 Å². The highest BCUT2D eigenvalue weighted by molar-refractivity contribution is 7.07. The Hall–Kier alpha value is -2.21. The van der Waals surface area contributed by atoms with Crippen molar-refractivity contribution in [1.82, 2.24) is 9.47 Å². The molecule has 2 aromatic rings. The van der Waals surface area contributed by atoms with E-state index in [1.165, 1.54) is 43.4 Å². The number of hydrogen-bond donors (Lipinski definition) is 0. The van der Waals surface area contributed by atoms with Gasteiger partial charge < -0.3 is 4.57 Å². The van der Waals surface area contributed by atoms with Crippen molar-refractivity contribution in [1.29, 1.82) is 0 Å². The van der Waals surface area contributed by atoms with E-state index < -0.39 is 0 Å². The fraction of sp³-hybridized carbons (Fsp3) is 0.560. The molecule has 0 saturated heterocycles. The highest BCUT2D eigenvalue weighted by Crippen LogP contribution is 2.57. The number of nitrogens with zero attached hydrogens (tertiary/aromatic N) is 3. The van der Waals surface area contributed by atoms with Crippen molar-refractivity contribution in [3.8, 4) is 0 Å². The third-order valence-corrected chi connectivity index (χ3v) is 8.77. The van der Waals surface area contributed by atoms with Crippen LogP contribution in [0.15, 0.2) is 34.6 Å². The van der Waals surface area contributed by atoms with Crippen LogP contribution in [-0.4, -0.2) is 26.8 Å². The van der Waals surface area contributed by atoms with Crippen LogP contribution in [-0.2, 0) is 13.1 Å². The van der Waals surface area contributed by atoms with Crippen LogP contribution in [0.3, 0.4) is 0 Å². The van der Waals surface area contributed by atoms with E-state index in [-0.39, 0.29) is 17.4 Å². The van der Waals surface area contributed by atoms with Crippen molar-refractivity contribution in [3.05, 3.63) is 51.3 Å². The van der Waals surface area contributed by atoms with Gasteiger partial charge in [0.05, 0.1) is 28.9 Å². The van der Waals surface area contributed by atoms with Crippen LogP contribution in [0, 0.1) is 17.8 Å². The maximum atomic E-state index is 12.9. The predicted octanol–water partition coefficient (Wildman–Crippen LogP) is 4.63. The van der Waals surface area contributed by atoms with E-state index in [0.717, 1.165) is 41.2 Å². The lowest BCUT2D eigenvalue weighted by Gasteiger charge is -2.54. The third-order valence-electron chi connectivity index (χ3n) is 7.86. The summed E-state index contributed by atoms with van der Waals surface area (Å²) < 4.78 is 2.27. The minimum Gasteiger partial charge on any atom is -0.319 e. The largest absolute Gasteiger partial charge is 0.319 e. The van der Waals surface area contributed by atoms with E-state index in [2.05, 4.69) is 16.9 Å². The van der Waals surface area contributed by atoms with Crippen LogP contribution < -0.4 is 4.80 Å². The Bertz CT molecular complexity index is 1060. The Balaban J connectivity index is 1.33. The van der Waals surface area contributed by atoms with E-state index in [9.17, 15) is 9.59 Å². The average Bonchev–Trinajstić information content (AvgIpc) is 3.21. The van der Waals surface area contributed by atoms with Gasteiger partial charge in [-0.3, -0.25) is 19.5 Å². The van der Waals surface area contributed by atoms with E-state index in [4.69, 9.17) is 4.99 Å². The molecule has 0 atom stereocenters. The molecule has 2 heterocycles. The standard InChI is InChI=1S/C25H29N3O2S/c1-2-7-27-19(14-28-22(29)20-5-3-4-6-21(20)23(28)30)15-31-24(27)26-25-11-16-8-17(12-25)10-18(9-16)13-25/h3-6,15-18H,2,7-14H2,1H3. The molecule has 0 N–H and O–H groups in total. The molecule has 4 aliphatic carbocycles. The summed E-state index contributed by atoms with van der Waals surface area (Å²) in [6, 6.07) is 7.13. The van der Waals surface area contributed by atoms with E-state index in [0.29, 0.717) is 17.7 Å². The van der Waals surface area contributed by atoms with Gasteiger partial charge >= 0.3 is 0 Å². The number of thiazole rings is 1. The molecule has 1 aromatic heterocycles. The first-order chi connectivity index (χ1) is 15.0. The molecule has 0 unspecified atom stereocenters. The summed E-state index contributed by atoms with van der Waals surface area (Å²) in [5.41, 5.74) is 2.18. The lowest BCUT2D eigenvalue weighted by atomic mass is 9.53. The number of benzene rings is 1. The molecule has 5 nitrogen and oxygen atoms in total. The Kier molecular flexibility index (Phi) is 4.50. The van der Waals surface area contributed by atoms with Crippen LogP contribution in [0.5, 0.6) is 0 Å². The number of amides is 2. The number of carbonyl (C=O) groups excluding carboxylic acids is 2. The van der Waals surface area contributed by atoms with Gasteiger partial charge in [0.1, 0.15) is 0 Å². The molecule has 4 saturated carbocycles. The fourth-order valence-electron chi connectivity index (χ4n) is 6.99. The van der Waals surface area contributed by atoms with E-state index >= 15 is 0 Å². The lowest BCUT2D eigenvalue weighted by molar-refractivity contribution is -0.000432. The summed E-state index contributed by atoms with van der Waals surface area (Å²) >= 11 is 1.68. The molecule has 1 aliphatic heterocycles. The minimum atomic E-state index is -0.186. The molecule has 6 heteroatoms. The SMILES string of the molecule is CCCn1c(CN2C(=O)c3ccccc3C2=O)csc1=NC12CC3CC(CC(C3)C1)C2. The highest BCUT2D eigenvalue weighted by atomic mass is 32.1. The van der Waals surface area contributed by atoms with Gasteiger partial charge in [0.2, 0.25) is 0 Å². The summed E-state index contributed by atoms with van der Waals surface area (Å²) in [5.74, 6) is 2.23. The molecule has 5 aliphatic rings. The van der Waals surface area contributed by atoms with Crippen molar-refractivity contribution in [3.63, 3.8) is 0 Å². The lowest BCUT2D eigenvalue weighted by Crippen LogP contribution is -2.50. The highest BCUT2D eigenvalue weighted by Gasteiger charge is 2.51. The normalized spacial score (nSPS) is 31.7. The molecular formula is C25H29N3O2S. The maximum Gasteiger partial charge on any atom is 0.261 e. The summed E-state index contributed by atoms with van der Waals surface area (Å²) in [4.78, 5) is 33.6. The first-order valence-corrected chi connectivity index (χ1v) is 12.6. The second-order valence-corrected chi connectivity index (χ2v) is 11.0. The second-order valence-electron chi connectivity index (χ2n) is 10.2. The van der Waals surface area contributed by atoms with Gasteiger partial charge in [-0.05, 0) is 74.8 Å². The van der Waals surface area contributed by atoms with Crippen molar-refractivity contribution < 1.29 is 9.59 Å². The van der Waals surface area contributed by atoms with Crippen LogP contribution in [0.1, 0.15) is 78.3 Å². The quantitative estimate of drug-likeness (QED) is 0.643. The van der Waals surface area contributed by atoms with Crippen LogP contribution in [0.4, 0.5) is 0 Å². The molecular weight excluding hydrogens is 406 g/mol. The summed E-state index contributed by atoms with van der Waals surface area (Å²) in [6.45, 7) is 3.36. The first kappa shape index (κ1) is 19.5. The van der Waals surface area contributed by atoms with E-state index in [1.54, 1.807) is 23.5 Å². The zero-order valence-electron chi connectivity index (χ0n) is 18.0. The summed E-state index contributed by atoms with van der Waals surface area (Å²) in [5, 5.41) is 2.11. The zero-order chi connectivity index (χ0) is 21.2. The fourth-order valence-corrected chi connectivity index (χ4v) is 8.02. The number of hydrogen-bond acceptors (Lipinski definition) is 4. The number of carbonyl (C=O) groups is 2. The van der Waals surface area contributed by atoms with Gasteiger partial charge in [-0.2, -0.15) is 0 Å². The number of aromatic nitrogens is 1. The molecule has 7 rings (SSSR count). The van der Waals surface area contributed by atoms with Crippen molar-refractivity contribution in [2.45, 2.75) is 70.5 Å². The van der Waals surface area contributed by atoms with Gasteiger partial charge in [-0.1, -0.05) is 19.1 Å². The number of imide groups is 1. The Morgan fingerprint density at radius 2 is 1.58 bits per heavy atom. The van der Waals surface area contributed by atoms with E-state index in [1.807, 2.05) is 12.1 Å². The topological polar surface area (TPSA) is 54.7 Å². The van der Waals surface area contributed by atoms with Crippen LogP contribution in [0.2, 0.25) is 0 Å². The molecule has 4 fully saturated rings. The smallest absolute Gasteiger partial charge is 0.261 e. The number of rotatable bonds is 5. The molecule has 0 spiro atoms. The number of fused-ring (bicyclic) bond motifs is 1. The Labute approximate surface area is 186 Å².